The number of carbonyl (C=O) groups is 1. The molecule has 0 saturated heterocycles. The van der Waals surface area contributed by atoms with Crippen LogP contribution in [0.15, 0.2) is 67.1 Å². The van der Waals surface area contributed by atoms with Crippen molar-refractivity contribution >= 4 is 11.7 Å². The highest BCUT2D eigenvalue weighted by Crippen LogP contribution is 2.27. The molecular formula is C24H23N5O. The lowest BCUT2D eigenvalue weighted by molar-refractivity contribution is 0.0979. The number of benzene rings is 2. The van der Waals surface area contributed by atoms with E-state index in [1.807, 2.05) is 36.3 Å². The Morgan fingerprint density at radius 2 is 1.90 bits per heavy atom. The molecule has 6 nitrogen and oxygen atoms in total. The van der Waals surface area contributed by atoms with Crippen molar-refractivity contribution < 1.29 is 4.79 Å². The largest absolute Gasteiger partial charge is 0.291 e. The Morgan fingerprint density at radius 3 is 2.60 bits per heavy atom. The van der Waals surface area contributed by atoms with Gasteiger partial charge in [0.2, 0.25) is 0 Å². The van der Waals surface area contributed by atoms with Crippen LogP contribution in [0.25, 0.3) is 5.69 Å². The summed E-state index contributed by atoms with van der Waals surface area (Å²) in [6.07, 6.45) is 7.20. The molecule has 0 N–H and O–H groups in total. The molecular weight excluding hydrogens is 374 g/mol. The monoisotopic (exact) mass is 397 g/mol. The summed E-state index contributed by atoms with van der Waals surface area (Å²) in [5.74, 6) is 0.745. The topological polar surface area (TPSA) is 56.0 Å². The SMILES string of the molecule is Cc1cc2c(cc1Cc1ccc(-n3cccn3)cc1)C(=O)N(c1ccn(C)n1)CC2. The Hall–Kier alpha value is -3.67. The van der Waals surface area contributed by atoms with Gasteiger partial charge in [-0.15, -0.1) is 0 Å². The van der Waals surface area contributed by atoms with E-state index in [-0.39, 0.29) is 5.91 Å². The van der Waals surface area contributed by atoms with Crippen molar-refractivity contribution in [2.24, 2.45) is 7.05 Å². The summed E-state index contributed by atoms with van der Waals surface area (Å²) in [6, 6.07) is 16.4. The van der Waals surface area contributed by atoms with Crippen LogP contribution >= 0.6 is 0 Å². The Balaban J connectivity index is 1.42. The minimum Gasteiger partial charge on any atom is -0.291 e. The van der Waals surface area contributed by atoms with Gasteiger partial charge in [-0.05, 0) is 66.3 Å². The molecule has 1 aliphatic heterocycles. The average molecular weight is 397 g/mol. The van der Waals surface area contributed by atoms with E-state index in [0.29, 0.717) is 12.4 Å². The highest BCUT2D eigenvalue weighted by Gasteiger charge is 2.27. The molecule has 4 aromatic rings. The molecule has 3 heterocycles. The number of anilines is 1. The third-order valence-electron chi connectivity index (χ3n) is 5.72. The zero-order valence-corrected chi connectivity index (χ0v) is 17.1. The summed E-state index contributed by atoms with van der Waals surface area (Å²) in [5, 5.41) is 8.68. The number of carbonyl (C=O) groups excluding carboxylic acids is 1. The Bertz CT molecular complexity index is 1210. The number of aryl methyl sites for hydroxylation is 2. The van der Waals surface area contributed by atoms with Crippen molar-refractivity contribution in [1.82, 2.24) is 19.6 Å². The number of aromatic nitrogens is 4. The van der Waals surface area contributed by atoms with E-state index in [1.54, 1.807) is 15.8 Å². The van der Waals surface area contributed by atoms with Gasteiger partial charge >= 0.3 is 0 Å². The number of rotatable bonds is 4. The number of fused-ring (bicyclic) bond motifs is 1. The van der Waals surface area contributed by atoms with Gasteiger partial charge in [-0.2, -0.15) is 10.2 Å². The van der Waals surface area contributed by atoms with E-state index >= 15 is 0 Å². The van der Waals surface area contributed by atoms with Gasteiger partial charge in [-0.25, -0.2) is 4.68 Å². The highest BCUT2D eigenvalue weighted by molar-refractivity contribution is 6.07. The Morgan fingerprint density at radius 1 is 1.07 bits per heavy atom. The van der Waals surface area contributed by atoms with Gasteiger partial charge in [0.15, 0.2) is 5.82 Å². The molecule has 0 aliphatic carbocycles. The molecule has 0 saturated carbocycles. The van der Waals surface area contributed by atoms with Crippen LogP contribution in [-0.4, -0.2) is 32.0 Å². The molecule has 150 valence electrons. The van der Waals surface area contributed by atoms with Gasteiger partial charge in [-0.3, -0.25) is 14.4 Å². The van der Waals surface area contributed by atoms with E-state index in [1.165, 1.54) is 16.7 Å². The number of nitrogens with zero attached hydrogens (tertiary/aromatic N) is 5. The molecule has 1 aliphatic rings. The molecule has 0 bridgehead atoms. The van der Waals surface area contributed by atoms with Crippen LogP contribution in [0.4, 0.5) is 5.82 Å². The van der Waals surface area contributed by atoms with Crippen molar-refractivity contribution in [3.05, 3.63) is 94.9 Å². The maximum Gasteiger partial charge on any atom is 0.259 e. The van der Waals surface area contributed by atoms with Crippen molar-refractivity contribution in [3.8, 4) is 5.69 Å². The summed E-state index contributed by atoms with van der Waals surface area (Å²) < 4.78 is 3.57. The predicted octanol–water partition coefficient (Wildman–Crippen LogP) is 3.71. The first-order valence-corrected chi connectivity index (χ1v) is 10.1. The molecule has 2 aromatic heterocycles. The highest BCUT2D eigenvalue weighted by atomic mass is 16.2. The van der Waals surface area contributed by atoms with Crippen molar-refractivity contribution in [2.45, 2.75) is 19.8 Å². The Labute approximate surface area is 175 Å². The van der Waals surface area contributed by atoms with Crippen molar-refractivity contribution in [3.63, 3.8) is 0 Å². The molecule has 6 heteroatoms. The molecule has 0 atom stereocenters. The molecule has 0 unspecified atom stereocenters. The summed E-state index contributed by atoms with van der Waals surface area (Å²) in [6.45, 7) is 2.79. The molecule has 1 amide bonds. The van der Waals surface area contributed by atoms with Gasteiger partial charge in [0.25, 0.3) is 5.91 Å². The molecule has 0 fully saturated rings. The van der Waals surface area contributed by atoms with E-state index in [2.05, 4.69) is 53.5 Å². The van der Waals surface area contributed by atoms with Gasteiger partial charge in [0, 0.05) is 43.8 Å². The van der Waals surface area contributed by atoms with Crippen molar-refractivity contribution in [1.29, 1.82) is 0 Å². The van der Waals surface area contributed by atoms with Gasteiger partial charge < -0.3 is 0 Å². The number of amides is 1. The summed E-state index contributed by atoms with van der Waals surface area (Å²) in [4.78, 5) is 15.0. The molecule has 5 rings (SSSR count). The van der Waals surface area contributed by atoms with Gasteiger partial charge in [0.1, 0.15) is 0 Å². The normalized spacial score (nSPS) is 13.5. The quantitative estimate of drug-likeness (QED) is 0.528. The third kappa shape index (κ3) is 3.30. The summed E-state index contributed by atoms with van der Waals surface area (Å²) >= 11 is 0. The summed E-state index contributed by atoms with van der Waals surface area (Å²) in [5.41, 5.74) is 6.56. The second kappa shape index (κ2) is 7.30. The summed E-state index contributed by atoms with van der Waals surface area (Å²) in [7, 11) is 1.87. The lowest BCUT2D eigenvalue weighted by Gasteiger charge is -2.28. The van der Waals surface area contributed by atoms with E-state index < -0.39 is 0 Å². The molecule has 0 spiro atoms. The fraction of sp³-hybridized carbons (Fsp3) is 0.208. The van der Waals surface area contributed by atoms with Gasteiger partial charge in [-0.1, -0.05) is 18.2 Å². The zero-order valence-electron chi connectivity index (χ0n) is 17.1. The molecule has 0 radical (unpaired) electrons. The predicted molar refractivity (Wildman–Crippen MR) is 116 cm³/mol. The first-order valence-electron chi connectivity index (χ1n) is 10.1. The van der Waals surface area contributed by atoms with Crippen LogP contribution in [0.2, 0.25) is 0 Å². The number of hydrogen-bond donors (Lipinski definition) is 0. The third-order valence-corrected chi connectivity index (χ3v) is 5.72. The zero-order chi connectivity index (χ0) is 20.7. The van der Waals surface area contributed by atoms with Crippen LogP contribution in [0.1, 0.15) is 32.6 Å². The number of hydrogen-bond acceptors (Lipinski definition) is 3. The van der Waals surface area contributed by atoms with E-state index in [0.717, 1.165) is 29.7 Å². The minimum atomic E-state index is 0.0326. The maximum absolute atomic E-state index is 13.2. The van der Waals surface area contributed by atoms with Crippen LogP contribution in [0, 0.1) is 6.92 Å². The fourth-order valence-corrected chi connectivity index (χ4v) is 4.06. The second-order valence-corrected chi connectivity index (χ2v) is 7.78. The molecule has 2 aromatic carbocycles. The van der Waals surface area contributed by atoms with Gasteiger partial charge in [0.05, 0.1) is 5.69 Å². The average Bonchev–Trinajstić information content (AvgIpc) is 3.42. The van der Waals surface area contributed by atoms with Crippen molar-refractivity contribution in [2.75, 3.05) is 11.4 Å². The van der Waals surface area contributed by atoms with Crippen LogP contribution < -0.4 is 4.90 Å². The Kier molecular flexibility index (Phi) is 4.47. The van der Waals surface area contributed by atoms with Crippen LogP contribution in [-0.2, 0) is 19.9 Å². The lowest BCUT2D eigenvalue weighted by atomic mass is 9.91. The maximum atomic E-state index is 13.2. The van der Waals surface area contributed by atoms with E-state index in [4.69, 9.17) is 0 Å². The first kappa shape index (κ1) is 18.4. The second-order valence-electron chi connectivity index (χ2n) is 7.78. The standard InChI is InChI=1S/C24H23N5O/c1-17-14-19-8-13-28(23-9-12-27(2)26-23)24(30)22(19)16-20(17)15-18-4-6-21(7-5-18)29-11-3-10-25-29/h3-7,9-12,14,16H,8,13,15H2,1-2H3. The lowest BCUT2D eigenvalue weighted by Crippen LogP contribution is -2.38. The van der Waals surface area contributed by atoms with Crippen LogP contribution in [0.5, 0.6) is 0 Å². The first-order chi connectivity index (χ1) is 14.6. The smallest absolute Gasteiger partial charge is 0.259 e. The van der Waals surface area contributed by atoms with E-state index in [9.17, 15) is 4.79 Å². The fourth-order valence-electron chi connectivity index (χ4n) is 4.06. The van der Waals surface area contributed by atoms with Crippen LogP contribution in [0.3, 0.4) is 0 Å². The molecule has 30 heavy (non-hydrogen) atoms. The minimum absolute atomic E-state index is 0.0326.